The zero-order chi connectivity index (χ0) is 12.8. The number of ether oxygens (including phenoxy) is 1. The van der Waals surface area contributed by atoms with Gasteiger partial charge in [0.15, 0.2) is 0 Å². The molecule has 2 aromatic rings. The molecule has 0 spiro atoms. The maximum absolute atomic E-state index is 8.89. The highest BCUT2D eigenvalue weighted by molar-refractivity contribution is 7.09. The number of aryl methyl sites for hydroxylation is 1. The molecule has 0 unspecified atom stereocenters. The molecule has 0 N–H and O–H groups in total. The van der Waals surface area contributed by atoms with E-state index in [2.05, 4.69) is 16.0 Å². The van der Waals surface area contributed by atoms with Crippen molar-refractivity contribution in [3.63, 3.8) is 0 Å². The SMILES string of the molecule is Cc1ncsc1CCOCc1cccnc1C#N. The molecule has 0 aliphatic carbocycles. The second kappa shape index (κ2) is 6.24. The Hall–Kier alpha value is -1.77. The van der Waals surface area contributed by atoms with Gasteiger partial charge in [-0.15, -0.1) is 11.3 Å². The zero-order valence-electron chi connectivity index (χ0n) is 10.1. The van der Waals surface area contributed by atoms with Crippen LogP contribution < -0.4 is 0 Å². The summed E-state index contributed by atoms with van der Waals surface area (Å²) in [6.45, 7) is 3.05. The van der Waals surface area contributed by atoms with E-state index >= 15 is 0 Å². The Morgan fingerprint density at radius 3 is 3.06 bits per heavy atom. The molecule has 2 heterocycles. The van der Waals surface area contributed by atoms with Gasteiger partial charge in [0.2, 0.25) is 0 Å². The summed E-state index contributed by atoms with van der Waals surface area (Å²) in [5, 5.41) is 8.89. The standard InChI is InChI=1S/C13H13N3OS/c1-10-13(18-9-16-10)4-6-17-8-11-3-2-5-15-12(11)7-14/h2-3,5,9H,4,6,8H2,1H3. The van der Waals surface area contributed by atoms with E-state index in [1.807, 2.05) is 24.6 Å². The third-order valence-electron chi connectivity index (χ3n) is 2.57. The fraction of sp³-hybridized carbons (Fsp3) is 0.308. The monoisotopic (exact) mass is 259 g/mol. The highest BCUT2D eigenvalue weighted by Crippen LogP contribution is 2.13. The van der Waals surface area contributed by atoms with E-state index in [9.17, 15) is 0 Å². The average Bonchev–Trinajstić information content (AvgIpc) is 2.81. The van der Waals surface area contributed by atoms with Gasteiger partial charge in [0.1, 0.15) is 11.8 Å². The molecule has 0 atom stereocenters. The second-order valence-electron chi connectivity index (χ2n) is 3.79. The highest BCUT2D eigenvalue weighted by Gasteiger charge is 2.04. The Morgan fingerprint density at radius 1 is 1.44 bits per heavy atom. The maximum atomic E-state index is 8.89. The van der Waals surface area contributed by atoms with E-state index in [1.54, 1.807) is 17.5 Å². The van der Waals surface area contributed by atoms with Gasteiger partial charge in [0.25, 0.3) is 0 Å². The molecule has 0 aliphatic heterocycles. The maximum Gasteiger partial charge on any atom is 0.145 e. The molecule has 4 nitrogen and oxygen atoms in total. The molecule has 5 heteroatoms. The molecular formula is C13H13N3OS. The highest BCUT2D eigenvalue weighted by atomic mass is 32.1. The first-order valence-corrected chi connectivity index (χ1v) is 6.50. The normalized spacial score (nSPS) is 10.2. The van der Waals surface area contributed by atoms with Crippen LogP contribution in [0.15, 0.2) is 23.8 Å². The molecule has 0 aromatic carbocycles. The van der Waals surface area contributed by atoms with Gasteiger partial charge in [0, 0.05) is 23.1 Å². The molecule has 0 amide bonds. The fourth-order valence-corrected chi connectivity index (χ4v) is 2.33. The molecule has 0 bridgehead atoms. The minimum Gasteiger partial charge on any atom is -0.376 e. The second-order valence-corrected chi connectivity index (χ2v) is 4.73. The van der Waals surface area contributed by atoms with Crippen molar-refractivity contribution in [1.29, 1.82) is 5.26 Å². The van der Waals surface area contributed by atoms with E-state index in [-0.39, 0.29) is 0 Å². The van der Waals surface area contributed by atoms with Crippen molar-refractivity contribution in [2.45, 2.75) is 20.0 Å². The lowest BCUT2D eigenvalue weighted by molar-refractivity contribution is 0.124. The van der Waals surface area contributed by atoms with Gasteiger partial charge in [-0.05, 0) is 13.0 Å². The first-order chi connectivity index (χ1) is 8.81. The number of thiazole rings is 1. The summed E-state index contributed by atoms with van der Waals surface area (Å²) in [4.78, 5) is 9.43. The molecule has 0 saturated carbocycles. The predicted octanol–water partition coefficient (Wildman–Crippen LogP) is 2.48. The van der Waals surface area contributed by atoms with Gasteiger partial charge in [-0.2, -0.15) is 5.26 Å². The van der Waals surface area contributed by atoms with Gasteiger partial charge in [-0.25, -0.2) is 9.97 Å². The summed E-state index contributed by atoms with van der Waals surface area (Å²) in [5.41, 5.74) is 4.19. The van der Waals surface area contributed by atoms with Crippen molar-refractivity contribution in [3.8, 4) is 6.07 Å². The third kappa shape index (κ3) is 3.13. The number of nitriles is 1. The van der Waals surface area contributed by atoms with Crippen molar-refractivity contribution < 1.29 is 4.74 Å². The van der Waals surface area contributed by atoms with Crippen molar-refractivity contribution in [2.75, 3.05) is 6.61 Å². The van der Waals surface area contributed by atoms with E-state index in [0.29, 0.717) is 18.9 Å². The lowest BCUT2D eigenvalue weighted by Gasteiger charge is -2.04. The largest absolute Gasteiger partial charge is 0.376 e. The van der Waals surface area contributed by atoms with Crippen LogP contribution in [0.25, 0.3) is 0 Å². The molecule has 0 radical (unpaired) electrons. The quantitative estimate of drug-likeness (QED) is 0.774. The first kappa shape index (κ1) is 12.7. The minimum absolute atomic E-state index is 0.425. The third-order valence-corrected chi connectivity index (χ3v) is 3.57. The van der Waals surface area contributed by atoms with Crippen LogP contribution in [0.1, 0.15) is 21.8 Å². The molecular weight excluding hydrogens is 246 g/mol. The molecule has 2 rings (SSSR count). The smallest absolute Gasteiger partial charge is 0.145 e. The average molecular weight is 259 g/mol. The van der Waals surface area contributed by atoms with Crippen LogP contribution in [0.5, 0.6) is 0 Å². The number of nitrogens with zero attached hydrogens (tertiary/aromatic N) is 3. The van der Waals surface area contributed by atoms with Crippen LogP contribution in [0.2, 0.25) is 0 Å². The van der Waals surface area contributed by atoms with Crippen LogP contribution in [0.3, 0.4) is 0 Å². The van der Waals surface area contributed by atoms with Gasteiger partial charge < -0.3 is 4.74 Å². The van der Waals surface area contributed by atoms with E-state index in [0.717, 1.165) is 17.7 Å². The Morgan fingerprint density at radius 2 is 2.33 bits per heavy atom. The van der Waals surface area contributed by atoms with E-state index in [1.165, 1.54) is 4.88 Å². The lowest BCUT2D eigenvalue weighted by Crippen LogP contribution is -2.01. The first-order valence-electron chi connectivity index (χ1n) is 5.62. The van der Waals surface area contributed by atoms with Crippen molar-refractivity contribution >= 4 is 11.3 Å². The zero-order valence-corrected chi connectivity index (χ0v) is 10.9. The Kier molecular flexibility index (Phi) is 4.40. The summed E-state index contributed by atoms with van der Waals surface area (Å²) in [7, 11) is 0. The van der Waals surface area contributed by atoms with Crippen LogP contribution in [0.4, 0.5) is 0 Å². The summed E-state index contributed by atoms with van der Waals surface area (Å²) < 4.78 is 5.58. The van der Waals surface area contributed by atoms with Crippen molar-refractivity contribution in [2.24, 2.45) is 0 Å². The molecule has 92 valence electrons. The Bertz CT molecular complexity index is 559. The van der Waals surface area contributed by atoms with Crippen molar-refractivity contribution in [3.05, 3.63) is 45.7 Å². The van der Waals surface area contributed by atoms with Crippen LogP contribution in [-0.4, -0.2) is 16.6 Å². The predicted molar refractivity (Wildman–Crippen MR) is 69.2 cm³/mol. The molecule has 0 aliphatic rings. The lowest BCUT2D eigenvalue weighted by atomic mass is 10.2. The van der Waals surface area contributed by atoms with Crippen molar-refractivity contribution in [1.82, 2.24) is 9.97 Å². The molecule has 0 saturated heterocycles. The van der Waals surface area contributed by atoms with Gasteiger partial charge >= 0.3 is 0 Å². The van der Waals surface area contributed by atoms with E-state index < -0.39 is 0 Å². The van der Waals surface area contributed by atoms with Gasteiger partial charge in [-0.1, -0.05) is 6.07 Å². The summed E-state index contributed by atoms with van der Waals surface area (Å²) in [5.74, 6) is 0. The number of hydrogen-bond acceptors (Lipinski definition) is 5. The van der Waals surface area contributed by atoms with Crippen LogP contribution >= 0.6 is 11.3 Å². The minimum atomic E-state index is 0.425. The van der Waals surface area contributed by atoms with Crippen LogP contribution in [0, 0.1) is 18.3 Å². The summed E-state index contributed by atoms with van der Waals surface area (Å²) in [6, 6.07) is 5.74. The number of pyridine rings is 1. The van der Waals surface area contributed by atoms with Crippen LogP contribution in [-0.2, 0) is 17.8 Å². The fourth-order valence-electron chi connectivity index (χ4n) is 1.57. The Labute approximate surface area is 110 Å². The topological polar surface area (TPSA) is 58.8 Å². The van der Waals surface area contributed by atoms with E-state index in [4.69, 9.17) is 10.00 Å². The molecule has 18 heavy (non-hydrogen) atoms. The summed E-state index contributed by atoms with van der Waals surface area (Å²) >= 11 is 1.65. The van der Waals surface area contributed by atoms with Gasteiger partial charge in [-0.3, -0.25) is 0 Å². The number of hydrogen-bond donors (Lipinski definition) is 0. The molecule has 0 fully saturated rings. The Balaban J connectivity index is 1.82. The van der Waals surface area contributed by atoms with Gasteiger partial charge in [0.05, 0.1) is 24.4 Å². The molecule has 2 aromatic heterocycles. The summed E-state index contributed by atoms with van der Waals surface area (Å²) in [6.07, 6.45) is 2.47. The number of rotatable bonds is 5. The number of aromatic nitrogens is 2.